The molecule has 0 aliphatic carbocycles. The van der Waals surface area contributed by atoms with Crippen LogP contribution in [0.2, 0.25) is 10.0 Å². The number of carbonyl (C=O) groups is 1. The van der Waals surface area contributed by atoms with Gasteiger partial charge in [0.15, 0.2) is 6.10 Å². The summed E-state index contributed by atoms with van der Waals surface area (Å²) in [6.07, 6.45) is 2.75. The predicted octanol–water partition coefficient (Wildman–Crippen LogP) is 4.05. The van der Waals surface area contributed by atoms with E-state index in [1.54, 1.807) is 48.1 Å². The third-order valence-corrected chi connectivity index (χ3v) is 3.76. The van der Waals surface area contributed by atoms with Crippen molar-refractivity contribution in [1.29, 1.82) is 0 Å². The average Bonchev–Trinajstić information content (AvgIpc) is 2.97. The van der Waals surface area contributed by atoms with Gasteiger partial charge in [0.25, 0.3) is 5.91 Å². The molecule has 0 saturated heterocycles. The molecule has 3 rings (SSSR count). The number of hydrogen-bond acceptors (Lipinski definition) is 3. The first-order chi connectivity index (χ1) is 11.0. The van der Waals surface area contributed by atoms with Crippen LogP contribution in [0.15, 0.2) is 48.8 Å². The van der Waals surface area contributed by atoms with Crippen LogP contribution in [0.3, 0.4) is 0 Å². The lowest BCUT2D eigenvalue weighted by Gasteiger charge is -2.16. The fourth-order valence-electron chi connectivity index (χ4n) is 2.06. The molecule has 1 atom stereocenters. The monoisotopic (exact) mass is 349 g/mol. The van der Waals surface area contributed by atoms with Gasteiger partial charge in [0.2, 0.25) is 0 Å². The summed E-state index contributed by atoms with van der Waals surface area (Å²) in [5.41, 5.74) is 1.55. The second-order valence-electron chi connectivity index (χ2n) is 4.94. The molecule has 23 heavy (non-hydrogen) atoms. The SMILES string of the molecule is C[C@@H](Oc1ccc(Cl)cc1Cl)C(=O)Nc1ccn2nccc2c1. The van der Waals surface area contributed by atoms with E-state index in [2.05, 4.69) is 10.4 Å². The standard InChI is InChI=1S/C16H13Cl2N3O2/c1-10(23-15-3-2-11(17)8-14(15)18)16(22)20-12-5-7-21-13(9-12)4-6-19-21/h2-10H,1H3,(H,20,22)/t10-/m1/s1. The first-order valence-corrected chi connectivity index (χ1v) is 7.64. The normalized spacial score (nSPS) is 12.1. The Labute approximate surface area is 142 Å². The predicted molar refractivity (Wildman–Crippen MR) is 90.4 cm³/mol. The van der Waals surface area contributed by atoms with Crippen LogP contribution in [0.25, 0.3) is 5.52 Å². The van der Waals surface area contributed by atoms with E-state index in [0.29, 0.717) is 21.5 Å². The van der Waals surface area contributed by atoms with Crippen LogP contribution < -0.4 is 10.1 Å². The van der Waals surface area contributed by atoms with Crippen molar-refractivity contribution in [3.8, 4) is 5.75 Å². The number of nitrogens with one attached hydrogen (secondary N) is 1. The molecule has 0 bridgehead atoms. The molecular weight excluding hydrogens is 337 g/mol. The largest absolute Gasteiger partial charge is 0.479 e. The van der Waals surface area contributed by atoms with Crippen molar-refractivity contribution in [2.24, 2.45) is 0 Å². The van der Waals surface area contributed by atoms with E-state index < -0.39 is 6.10 Å². The highest BCUT2D eigenvalue weighted by atomic mass is 35.5. The second kappa shape index (κ2) is 6.48. The van der Waals surface area contributed by atoms with E-state index >= 15 is 0 Å². The average molecular weight is 350 g/mol. The Bertz CT molecular complexity index is 863. The number of amides is 1. The van der Waals surface area contributed by atoms with Gasteiger partial charge in [-0.05, 0) is 43.3 Å². The second-order valence-corrected chi connectivity index (χ2v) is 5.78. The highest BCUT2D eigenvalue weighted by Gasteiger charge is 2.16. The molecule has 7 heteroatoms. The Morgan fingerprint density at radius 2 is 2.09 bits per heavy atom. The quantitative estimate of drug-likeness (QED) is 0.772. The summed E-state index contributed by atoms with van der Waals surface area (Å²) in [6.45, 7) is 1.65. The third kappa shape index (κ3) is 3.57. The molecule has 0 unspecified atom stereocenters. The van der Waals surface area contributed by atoms with Gasteiger partial charge in [0.05, 0.1) is 10.5 Å². The first-order valence-electron chi connectivity index (χ1n) is 6.89. The minimum absolute atomic E-state index is 0.278. The van der Waals surface area contributed by atoms with Crippen LogP contribution in [-0.4, -0.2) is 21.6 Å². The molecule has 1 aromatic carbocycles. The Morgan fingerprint density at radius 3 is 2.87 bits per heavy atom. The van der Waals surface area contributed by atoms with E-state index in [0.717, 1.165) is 5.52 Å². The summed E-state index contributed by atoms with van der Waals surface area (Å²) in [6, 6.07) is 10.3. The molecule has 2 heterocycles. The molecule has 3 aromatic rings. The van der Waals surface area contributed by atoms with Gasteiger partial charge in [-0.1, -0.05) is 23.2 Å². The van der Waals surface area contributed by atoms with Gasteiger partial charge in [-0.15, -0.1) is 0 Å². The van der Waals surface area contributed by atoms with Gasteiger partial charge in [-0.2, -0.15) is 5.10 Å². The zero-order chi connectivity index (χ0) is 16.4. The van der Waals surface area contributed by atoms with Crippen LogP contribution in [0.5, 0.6) is 5.75 Å². The summed E-state index contributed by atoms with van der Waals surface area (Å²) in [4.78, 5) is 12.2. The maximum atomic E-state index is 12.2. The van der Waals surface area contributed by atoms with Crippen LogP contribution in [0.1, 0.15) is 6.92 Å². The minimum Gasteiger partial charge on any atom is -0.479 e. The maximum Gasteiger partial charge on any atom is 0.265 e. The Hall–Kier alpha value is -2.24. The number of pyridine rings is 1. The number of fused-ring (bicyclic) bond motifs is 1. The van der Waals surface area contributed by atoms with Crippen LogP contribution >= 0.6 is 23.2 Å². The van der Waals surface area contributed by atoms with Crippen molar-refractivity contribution in [2.75, 3.05) is 5.32 Å². The lowest BCUT2D eigenvalue weighted by molar-refractivity contribution is -0.122. The lowest BCUT2D eigenvalue weighted by Crippen LogP contribution is -2.30. The summed E-state index contributed by atoms with van der Waals surface area (Å²) in [7, 11) is 0. The van der Waals surface area contributed by atoms with E-state index in [4.69, 9.17) is 27.9 Å². The number of halogens is 2. The van der Waals surface area contributed by atoms with E-state index in [1.807, 2.05) is 12.1 Å². The number of hydrogen-bond donors (Lipinski definition) is 1. The van der Waals surface area contributed by atoms with Crippen molar-refractivity contribution in [2.45, 2.75) is 13.0 Å². The number of rotatable bonds is 4. The molecule has 0 aliphatic heterocycles. The molecular formula is C16H13Cl2N3O2. The fourth-order valence-corrected chi connectivity index (χ4v) is 2.51. The van der Waals surface area contributed by atoms with Crippen LogP contribution in [-0.2, 0) is 4.79 Å². The molecule has 5 nitrogen and oxygen atoms in total. The van der Waals surface area contributed by atoms with Gasteiger partial charge in [0, 0.05) is 23.1 Å². The van der Waals surface area contributed by atoms with E-state index in [9.17, 15) is 4.79 Å². The van der Waals surface area contributed by atoms with Gasteiger partial charge >= 0.3 is 0 Å². The smallest absolute Gasteiger partial charge is 0.265 e. The summed E-state index contributed by atoms with van der Waals surface area (Å²) in [5, 5.41) is 7.77. The van der Waals surface area contributed by atoms with Crippen molar-refractivity contribution in [3.05, 3.63) is 58.8 Å². The number of carbonyl (C=O) groups excluding carboxylic acids is 1. The number of anilines is 1. The van der Waals surface area contributed by atoms with Crippen LogP contribution in [0, 0.1) is 0 Å². The van der Waals surface area contributed by atoms with Crippen molar-refractivity contribution < 1.29 is 9.53 Å². The molecule has 0 saturated carbocycles. The minimum atomic E-state index is -0.713. The maximum absolute atomic E-state index is 12.2. The number of aromatic nitrogens is 2. The highest BCUT2D eigenvalue weighted by Crippen LogP contribution is 2.28. The number of ether oxygens (including phenoxy) is 1. The highest BCUT2D eigenvalue weighted by molar-refractivity contribution is 6.35. The van der Waals surface area contributed by atoms with Gasteiger partial charge in [0.1, 0.15) is 5.75 Å². The molecule has 1 N–H and O–H groups in total. The molecule has 0 fully saturated rings. The number of benzene rings is 1. The lowest BCUT2D eigenvalue weighted by atomic mass is 10.3. The molecule has 1 amide bonds. The molecule has 0 aliphatic rings. The van der Waals surface area contributed by atoms with Crippen LogP contribution in [0.4, 0.5) is 5.69 Å². The Kier molecular flexibility index (Phi) is 4.41. The summed E-state index contributed by atoms with van der Waals surface area (Å²) in [5.74, 6) is 0.129. The third-order valence-electron chi connectivity index (χ3n) is 3.23. The molecule has 0 radical (unpaired) electrons. The zero-order valence-corrected chi connectivity index (χ0v) is 13.7. The summed E-state index contributed by atoms with van der Waals surface area (Å²) >= 11 is 11.9. The number of nitrogens with zero attached hydrogens (tertiary/aromatic N) is 2. The fraction of sp³-hybridized carbons (Fsp3) is 0.125. The Morgan fingerprint density at radius 1 is 1.26 bits per heavy atom. The van der Waals surface area contributed by atoms with E-state index in [-0.39, 0.29) is 5.91 Å². The van der Waals surface area contributed by atoms with Crippen molar-refractivity contribution in [1.82, 2.24) is 9.61 Å². The van der Waals surface area contributed by atoms with Gasteiger partial charge in [-0.3, -0.25) is 4.79 Å². The van der Waals surface area contributed by atoms with Crippen molar-refractivity contribution >= 4 is 40.3 Å². The van der Waals surface area contributed by atoms with Crippen molar-refractivity contribution in [3.63, 3.8) is 0 Å². The molecule has 2 aromatic heterocycles. The van der Waals surface area contributed by atoms with Gasteiger partial charge in [-0.25, -0.2) is 4.52 Å². The topological polar surface area (TPSA) is 55.6 Å². The Balaban J connectivity index is 1.69. The summed E-state index contributed by atoms with van der Waals surface area (Å²) < 4.78 is 7.30. The first kappa shape index (κ1) is 15.6. The van der Waals surface area contributed by atoms with E-state index in [1.165, 1.54) is 0 Å². The zero-order valence-electron chi connectivity index (χ0n) is 12.2. The van der Waals surface area contributed by atoms with Gasteiger partial charge < -0.3 is 10.1 Å². The molecule has 118 valence electrons. The molecule has 0 spiro atoms.